The topological polar surface area (TPSA) is 42.2 Å². The number of nitrogens with one attached hydrogen (secondary N) is 1. The van der Waals surface area contributed by atoms with Crippen LogP contribution in [0.15, 0.2) is 36.1 Å². The van der Waals surface area contributed by atoms with Gasteiger partial charge in [-0.2, -0.15) is 0 Å². The molecule has 5 heteroatoms. The Morgan fingerprint density at radius 2 is 2.35 bits per heavy atom. The number of fused-ring (bicyclic) bond motifs is 1. The number of hydrogen-bond acceptors (Lipinski definition) is 4. The molecular formula is C15H18N4S. The summed E-state index contributed by atoms with van der Waals surface area (Å²) in [6.45, 7) is 5.14. The Hall–Kier alpha value is -1.72. The second-order valence-corrected chi connectivity index (χ2v) is 5.77. The molecule has 0 aromatic carbocycles. The predicted octanol–water partition coefficient (Wildman–Crippen LogP) is 2.99. The van der Waals surface area contributed by atoms with Crippen LogP contribution in [0.1, 0.15) is 29.9 Å². The Morgan fingerprint density at radius 3 is 3.10 bits per heavy atom. The highest BCUT2D eigenvalue weighted by Gasteiger charge is 2.15. The lowest BCUT2D eigenvalue weighted by molar-refractivity contribution is 0.532. The van der Waals surface area contributed by atoms with Crippen molar-refractivity contribution in [3.05, 3.63) is 53.1 Å². The van der Waals surface area contributed by atoms with E-state index in [-0.39, 0.29) is 6.04 Å². The molecule has 20 heavy (non-hydrogen) atoms. The third kappa shape index (κ3) is 2.73. The van der Waals surface area contributed by atoms with Crippen molar-refractivity contribution in [3.63, 3.8) is 0 Å². The van der Waals surface area contributed by atoms with E-state index >= 15 is 0 Å². The number of aromatic nitrogens is 3. The highest BCUT2D eigenvalue weighted by molar-refractivity contribution is 7.15. The molecule has 3 aromatic heterocycles. The Labute approximate surface area is 122 Å². The van der Waals surface area contributed by atoms with E-state index in [1.54, 1.807) is 11.3 Å². The molecule has 3 aromatic rings. The maximum atomic E-state index is 4.66. The van der Waals surface area contributed by atoms with Gasteiger partial charge in [-0.05, 0) is 31.2 Å². The number of thiazole rings is 1. The molecule has 104 valence electrons. The smallest absolute Gasteiger partial charge is 0.193 e. The van der Waals surface area contributed by atoms with Crippen molar-refractivity contribution in [2.24, 2.45) is 0 Å². The summed E-state index contributed by atoms with van der Waals surface area (Å²) in [5.41, 5.74) is 3.43. The van der Waals surface area contributed by atoms with Crippen LogP contribution in [0.2, 0.25) is 0 Å². The molecule has 0 bridgehead atoms. The molecule has 0 radical (unpaired) electrons. The normalized spacial score (nSPS) is 12.9. The summed E-state index contributed by atoms with van der Waals surface area (Å²) >= 11 is 1.66. The Bertz CT molecular complexity index is 672. The van der Waals surface area contributed by atoms with Crippen molar-refractivity contribution in [1.82, 2.24) is 19.7 Å². The summed E-state index contributed by atoms with van der Waals surface area (Å²) in [5, 5.41) is 5.55. The van der Waals surface area contributed by atoms with E-state index in [0.717, 1.165) is 29.3 Å². The zero-order chi connectivity index (χ0) is 13.9. The fourth-order valence-electron chi connectivity index (χ4n) is 2.36. The summed E-state index contributed by atoms with van der Waals surface area (Å²) in [6, 6.07) is 4.38. The van der Waals surface area contributed by atoms with Crippen LogP contribution in [-0.2, 0) is 6.42 Å². The molecule has 0 saturated heterocycles. The van der Waals surface area contributed by atoms with Crippen molar-refractivity contribution < 1.29 is 0 Å². The molecule has 0 saturated carbocycles. The average Bonchev–Trinajstić information content (AvgIpc) is 2.99. The van der Waals surface area contributed by atoms with Gasteiger partial charge in [0, 0.05) is 30.4 Å². The number of likely N-dealkylation sites (N-methyl/N-ethyl adjacent to an activating group) is 1. The quantitative estimate of drug-likeness (QED) is 0.784. The van der Waals surface area contributed by atoms with Crippen LogP contribution in [-0.4, -0.2) is 20.9 Å². The Morgan fingerprint density at radius 1 is 1.45 bits per heavy atom. The van der Waals surface area contributed by atoms with Gasteiger partial charge in [-0.25, -0.2) is 4.98 Å². The van der Waals surface area contributed by atoms with Gasteiger partial charge in [-0.15, -0.1) is 11.3 Å². The molecule has 1 N–H and O–H groups in total. The molecule has 0 aliphatic rings. The van der Waals surface area contributed by atoms with Gasteiger partial charge in [-0.1, -0.05) is 6.92 Å². The molecule has 1 unspecified atom stereocenters. The summed E-state index contributed by atoms with van der Waals surface area (Å²) in [6.07, 6.45) is 6.88. The van der Waals surface area contributed by atoms with Crippen LogP contribution >= 0.6 is 11.3 Å². The van der Waals surface area contributed by atoms with Gasteiger partial charge < -0.3 is 5.32 Å². The molecule has 4 nitrogen and oxygen atoms in total. The van der Waals surface area contributed by atoms with Crippen LogP contribution in [0.4, 0.5) is 0 Å². The second-order valence-electron chi connectivity index (χ2n) is 4.90. The third-order valence-electron chi connectivity index (χ3n) is 3.30. The molecular weight excluding hydrogens is 268 g/mol. The molecule has 0 aliphatic carbocycles. The van der Waals surface area contributed by atoms with Crippen molar-refractivity contribution in [1.29, 1.82) is 0 Å². The van der Waals surface area contributed by atoms with Gasteiger partial charge in [0.05, 0.1) is 17.4 Å². The van der Waals surface area contributed by atoms with E-state index in [1.165, 1.54) is 5.56 Å². The minimum Gasteiger partial charge on any atom is -0.309 e. The van der Waals surface area contributed by atoms with Gasteiger partial charge in [-0.3, -0.25) is 9.38 Å². The molecule has 3 heterocycles. The molecule has 0 amide bonds. The van der Waals surface area contributed by atoms with Crippen molar-refractivity contribution >= 4 is 16.3 Å². The van der Waals surface area contributed by atoms with Crippen LogP contribution in [0.3, 0.4) is 0 Å². The first-order chi connectivity index (χ1) is 9.76. The number of imidazole rings is 1. The monoisotopic (exact) mass is 286 g/mol. The molecule has 3 rings (SSSR count). The summed E-state index contributed by atoms with van der Waals surface area (Å²) in [5.74, 6) is 0. The predicted molar refractivity (Wildman–Crippen MR) is 82.2 cm³/mol. The van der Waals surface area contributed by atoms with Crippen molar-refractivity contribution in [2.45, 2.75) is 26.3 Å². The minimum absolute atomic E-state index is 0.213. The van der Waals surface area contributed by atoms with Gasteiger partial charge in [0.25, 0.3) is 0 Å². The fourth-order valence-corrected chi connectivity index (χ4v) is 3.08. The summed E-state index contributed by atoms with van der Waals surface area (Å²) in [7, 11) is 0. The number of pyridine rings is 1. The van der Waals surface area contributed by atoms with E-state index < -0.39 is 0 Å². The zero-order valence-electron chi connectivity index (χ0n) is 11.7. The lowest BCUT2D eigenvalue weighted by Gasteiger charge is -2.16. The first-order valence-electron chi connectivity index (χ1n) is 6.83. The Balaban J connectivity index is 1.85. The van der Waals surface area contributed by atoms with E-state index in [1.807, 2.05) is 18.5 Å². The fraction of sp³-hybridized carbons (Fsp3) is 0.333. The van der Waals surface area contributed by atoms with Crippen LogP contribution < -0.4 is 5.32 Å². The minimum atomic E-state index is 0.213. The Kier molecular flexibility index (Phi) is 3.80. The molecule has 1 atom stereocenters. The molecule has 0 aliphatic heterocycles. The SMILES string of the molecule is CCNC(Cc1cn2ccsc2n1)c1cc(C)ccn1. The van der Waals surface area contributed by atoms with E-state index in [0.29, 0.717) is 0 Å². The standard InChI is InChI=1S/C15H18N4S/c1-3-16-14(13-8-11(2)4-5-17-13)9-12-10-19-6-7-20-15(19)18-12/h4-8,10,14,16H,3,9H2,1-2H3. The summed E-state index contributed by atoms with van der Waals surface area (Å²) < 4.78 is 2.08. The lowest BCUT2D eigenvalue weighted by Crippen LogP contribution is -2.24. The van der Waals surface area contributed by atoms with Gasteiger partial charge in [0.2, 0.25) is 0 Å². The van der Waals surface area contributed by atoms with Crippen LogP contribution in [0.25, 0.3) is 4.96 Å². The van der Waals surface area contributed by atoms with Gasteiger partial charge in [0.1, 0.15) is 0 Å². The van der Waals surface area contributed by atoms with Gasteiger partial charge in [0.15, 0.2) is 4.96 Å². The van der Waals surface area contributed by atoms with E-state index in [2.05, 4.69) is 51.2 Å². The van der Waals surface area contributed by atoms with E-state index in [4.69, 9.17) is 0 Å². The molecule has 0 fully saturated rings. The van der Waals surface area contributed by atoms with Crippen molar-refractivity contribution in [2.75, 3.05) is 6.54 Å². The zero-order valence-corrected chi connectivity index (χ0v) is 12.5. The van der Waals surface area contributed by atoms with E-state index in [9.17, 15) is 0 Å². The maximum Gasteiger partial charge on any atom is 0.193 e. The second kappa shape index (κ2) is 5.73. The number of nitrogens with zero attached hydrogens (tertiary/aromatic N) is 3. The highest BCUT2D eigenvalue weighted by atomic mass is 32.1. The lowest BCUT2D eigenvalue weighted by atomic mass is 10.1. The maximum absolute atomic E-state index is 4.66. The first kappa shape index (κ1) is 13.3. The number of hydrogen-bond donors (Lipinski definition) is 1. The average molecular weight is 286 g/mol. The van der Waals surface area contributed by atoms with Crippen LogP contribution in [0, 0.1) is 6.92 Å². The molecule has 0 spiro atoms. The number of aryl methyl sites for hydroxylation is 1. The first-order valence-corrected chi connectivity index (χ1v) is 7.71. The van der Waals surface area contributed by atoms with Crippen LogP contribution in [0.5, 0.6) is 0 Å². The highest BCUT2D eigenvalue weighted by Crippen LogP contribution is 2.19. The summed E-state index contributed by atoms with van der Waals surface area (Å²) in [4.78, 5) is 10.2. The third-order valence-corrected chi connectivity index (χ3v) is 4.07. The number of rotatable bonds is 5. The van der Waals surface area contributed by atoms with Crippen molar-refractivity contribution in [3.8, 4) is 0 Å². The van der Waals surface area contributed by atoms with Gasteiger partial charge >= 0.3 is 0 Å². The largest absolute Gasteiger partial charge is 0.309 e.